The number of aromatic nitrogens is 2. The van der Waals surface area contributed by atoms with Gasteiger partial charge >= 0.3 is 0 Å². The summed E-state index contributed by atoms with van der Waals surface area (Å²) < 4.78 is 2.20. The molecule has 0 radical (unpaired) electrons. The Bertz CT molecular complexity index is 656. The van der Waals surface area contributed by atoms with E-state index in [1.807, 2.05) is 19.2 Å². The quantitative estimate of drug-likeness (QED) is 0.776. The van der Waals surface area contributed by atoms with E-state index >= 15 is 0 Å². The minimum Gasteiger partial charge on any atom is -0.307 e. The standard InChI is InChI=1S/C16H17N3S/c1-13-18-11-16(10-17-9-14-7-8-20-12-14)19(13)15-5-3-2-4-6-15/h2-8,11-12,17H,9-10H2,1H3. The molecule has 20 heavy (non-hydrogen) atoms. The number of nitrogens with one attached hydrogen (secondary N) is 1. The van der Waals surface area contributed by atoms with Gasteiger partial charge in [-0.1, -0.05) is 18.2 Å². The van der Waals surface area contributed by atoms with Crippen molar-refractivity contribution in [1.29, 1.82) is 0 Å². The minimum absolute atomic E-state index is 0.811. The Hall–Kier alpha value is -1.91. The van der Waals surface area contributed by atoms with Gasteiger partial charge < -0.3 is 5.32 Å². The Balaban J connectivity index is 1.74. The van der Waals surface area contributed by atoms with E-state index in [4.69, 9.17) is 0 Å². The lowest BCUT2D eigenvalue weighted by Crippen LogP contribution is -2.15. The molecule has 102 valence electrons. The van der Waals surface area contributed by atoms with Crippen LogP contribution in [-0.4, -0.2) is 9.55 Å². The molecule has 2 aromatic heterocycles. The Morgan fingerprint density at radius 1 is 1.15 bits per heavy atom. The second-order valence-corrected chi connectivity index (χ2v) is 5.48. The number of aryl methyl sites for hydroxylation is 1. The fourth-order valence-electron chi connectivity index (χ4n) is 2.27. The van der Waals surface area contributed by atoms with Crippen LogP contribution in [0.1, 0.15) is 17.1 Å². The van der Waals surface area contributed by atoms with Crippen LogP contribution < -0.4 is 5.32 Å². The summed E-state index contributed by atoms with van der Waals surface area (Å²) >= 11 is 1.73. The second-order valence-electron chi connectivity index (χ2n) is 4.70. The number of benzene rings is 1. The molecule has 0 aliphatic carbocycles. The zero-order valence-corrected chi connectivity index (χ0v) is 12.2. The summed E-state index contributed by atoms with van der Waals surface area (Å²) in [6.45, 7) is 3.74. The maximum Gasteiger partial charge on any atom is 0.110 e. The van der Waals surface area contributed by atoms with Gasteiger partial charge in [0.2, 0.25) is 0 Å². The van der Waals surface area contributed by atoms with Gasteiger partial charge in [0.05, 0.1) is 11.9 Å². The van der Waals surface area contributed by atoms with Gasteiger partial charge in [0.25, 0.3) is 0 Å². The average molecular weight is 283 g/mol. The van der Waals surface area contributed by atoms with Crippen LogP contribution in [0, 0.1) is 6.92 Å². The molecule has 4 heteroatoms. The van der Waals surface area contributed by atoms with Crippen LogP contribution in [0.5, 0.6) is 0 Å². The number of para-hydroxylation sites is 1. The summed E-state index contributed by atoms with van der Waals surface area (Å²) in [6, 6.07) is 12.5. The van der Waals surface area contributed by atoms with E-state index in [2.05, 4.69) is 56.0 Å². The summed E-state index contributed by atoms with van der Waals surface area (Å²) in [4.78, 5) is 4.43. The Kier molecular flexibility index (Phi) is 3.95. The lowest BCUT2D eigenvalue weighted by atomic mass is 10.3. The van der Waals surface area contributed by atoms with Crippen molar-refractivity contribution in [3.8, 4) is 5.69 Å². The lowest BCUT2D eigenvalue weighted by molar-refractivity contribution is 0.668. The van der Waals surface area contributed by atoms with E-state index in [0.717, 1.165) is 24.6 Å². The number of hydrogen-bond donors (Lipinski definition) is 1. The minimum atomic E-state index is 0.811. The highest BCUT2D eigenvalue weighted by Gasteiger charge is 2.07. The number of rotatable bonds is 5. The molecule has 0 fully saturated rings. The third-order valence-corrected chi connectivity index (χ3v) is 3.97. The zero-order chi connectivity index (χ0) is 13.8. The van der Waals surface area contributed by atoms with Crippen molar-refractivity contribution in [2.45, 2.75) is 20.0 Å². The van der Waals surface area contributed by atoms with E-state index in [1.54, 1.807) is 11.3 Å². The van der Waals surface area contributed by atoms with E-state index in [-0.39, 0.29) is 0 Å². The predicted molar refractivity (Wildman–Crippen MR) is 83.2 cm³/mol. The summed E-state index contributed by atoms with van der Waals surface area (Å²) in [5.41, 5.74) is 3.68. The SMILES string of the molecule is Cc1ncc(CNCc2ccsc2)n1-c1ccccc1. The highest BCUT2D eigenvalue weighted by atomic mass is 32.1. The van der Waals surface area contributed by atoms with Gasteiger partial charge in [-0.3, -0.25) is 4.57 Å². The molecular formula is C16H17N3S. The maximum atomic E-state index is 4.43. The smallest absolute Gasteiger partial charge is 0.110 e. The molecule has 0 spiro atoms. The number of imidazole rings is 1. The molecule has 3 aromatic rings. The van der Waals surface area contributed by atoms with Crippen molar-refractivity contribution >= 4 is 11.3 Å². The summed E-state index contributed by atoms with van der Waals surface area (Å²) in [6.07, 6.45) is 1.95. The van der Waals surface area contributed by atoms with Crippen molar-refractivity contribution in [2.24, 2.45) is 0 Å². The Morgan fingerprint density at radius 2 is 2.00 bits per heavy atom. The fraction of sp³-hybridized carbons (Fsp3) is 0.188. The summed E-state index contributed by atoms with van der Waals surface area (Å²) in [7, 11) is 0. The molecule has 0 atom stereocenters. The molecule has 0 saturated carbocycles. The molecule has 1 N–H and O–H groups in total. The van der Waals surface area contributed by atoms with Crippen LogP contribution in [0.2, 0.25) is 0 Å². The predicted octanol–water partition coefficient (Wildman–Crippen LogP) is 3.53. The van der Waals surface area contributed by atoms with Crippen LogP contribution in [0.3, 0.4) is 0 Å². The lowest BCUT2D eigenvalue weighted by Gasteiger charge is -2.10. The maximum absolute atomic E-state index is 4.43. The molecule has 0 amide bonds. The van der Waals surface area contributed by atoms with Crippen LogP contribution >= 0.6 is 11.3 Å². The molecule has 0 bridgehead atoms. The molecule has 3 nitrogen and oxygen atoms in total. The van der Waals surface area contributed by atoms with Gasteiger partial charge in [-0.05, 0) is 41.4 Å². The highest BCUT2D eigenvalue weighted by Crippen LogP contribution is 2.14. The molecule has 0 aliphatic heterocycles. The summed E-state index contributed by atoms with van der Waals surface area (Å²) in [5, 5.41) is 7.75. The highest BCUT2D eigenvalue weighted by molar-refractivity contribution is 7.07. The van der Waals surface area contributed by atoms with Gasteiger partial charge in [0.1, 0.15) is 5.82 Å². The van der Waals surface area contributed by atoms with Crippen molar-refractivity contribution in [1.82, 2.24) is 14.9 Å². The average Bonchev–Trinajstić information content (AvgIpc) is 3.10. The molecule has 0 unspecified atom stereocenters. The third kappa shape index (κ3) is 2.81. The second kappa shape index (κ2) is 6.03. The molecule has 2 heterocycles. The normalized spacial score (nSPS) is 10.8. The first kappa shape index (κ1) is 13.1. The van der Waals surface area contributed by atoms with Crippen molar-refractivity contribution in [3.63, 3.8) is 0 Å². The van der Waals surface area contributed by atoms with Crippen LogP contribution in [0.25, 0.3) is 5.69 Å². The van der Waals surface area contributed by atoms with Gasteiger partial charge in [-0.25, -0.2) is 4.98 Å². The van der Waals surface area contributed by atoms with Crippen molar-refractivity contribution < 1.29 is 0 Å². The number of nitrogens with zero attached hydrogens (tertiary/aromatic N) is 2. The topological polar surface area (TPSA) is 29.9 Å². The Labute approximate surface area is 122 Å². The molecule has 0 aliphatic rings. The molecule has 0 saturated heterocycles. The third-order valence-electron chi connectivity index (χ3n) is 3.24. The molecule has 3 rings (SSSR count). The largest absolute Gasteiger partial charge is 0.307 e. The molecular weight excluding hydrogens is 266 g/mol. The van der Waals surface area contributed by atoms with E-state index in [0.29, 0.717) is 0 Å². The van der Waals surface area contributed by atoms with Crippen molar-refractivity contribution in [3.05, 3.63) is 70.4 Å². The van der Waals surface area contributed by atoms with Crippen LogP contribution in [0.15, 0.2) is 53.4 Å². The van der Waals surface area contributed by atoms with Gasteiger partial charge in [-0.2, -0.15) is 11.3 Å². The number of hydrogen-bond acceptors (Lipinski definition) is 3. The monoisotopic (exact) mass is 283 g/mol. The zero-order valence-electron chi connectivity index (χ0n) is 11.4. The number of thiophene rings is 1. The van der Waals surface area contributed by atoms with Crippen molar-refractivity contribution in [2.75, 3.05) is 0 Å². The molecule has 1 aromatic carbocycles. The van der Waals surface area contributed by atoms with Crippen LogP contribution in [-0.2, 0) is 13.1 Å². The Morgan fingerprint density at radius 3 is 2.75 bits per heavy atom. The first-order valence-electron chi connectivity index (χ1n) is 6.65. The summed E-state index contributed by atoms with van der Waals surface area (Å²) in [5.74, 6) is 1.02. The van der Waals surface area contributed by atoms with E-state index in [9.17, 15) is 0 Å². The first-order valence-corrected chi connectivity index (χ1v) is 7.59. The van der Waals surface area contributed by atoms with Crippen LogP contribution in [0.4, 0.5) is 0 Å². The fourth-order valence-corrected chi connectivity index (χ4v) is 2.94. The first-order chi connectivity index (χ1) is 9.84. The van der Waals surface area contributed by atoms with Gasteiger partial charge in [-0.15, -0.1) is 0 Å². The van der Waals surface area contributed by atoms with Gasteiger partial charge in [0.15, 0.2) is 0 Å². The van der Waals surface area contributed by atoms with E-state index < -0.39 is 0 Å². The van der Waals surface area contributed by atoms with E-state index in [1.165, 1.54) is 11.3 Å². The van der Waals surface area contributed by atoms with Gasteiger partial charge in [0, 0.05) is 18.8 Å².